The third-order valence-electron chi connectivity index (χ3n) is 4.37. The molecule has 2 aromatic carbocycles. The summed E-state index contributed by atoms with van der Waals surface area (Å²) >= 11 is 0. The first kappa shape index (κ1) is 17.9. The van der Waals surface area contributed by atoms with Crippen molar-refractivity contribution >= 4 is 17.6 Å². The highest BCUT2D eigenvalue weighted by Gasteiger charge is 2.31. The van der Waals surface area contributed by atoms with E-state index in [1.54, 1.807) is 17.0 Å². The topological polar surface area (TPSA) is 61.4 Å². The first-order valence-electron chi connectivity index (χ1n) is 8.76. The molecule has 0 saturated carbocycles. The highest BCUT2D eigenvalue weighted by Crippen LogP contribution is 2.21. The van der Waals surface area contributed by atoms with Crippen molar-refractivity contribution in [3.05, 3.63) is 66.0 Å². The lowest BCUT2D eigenvalue weighted by Gasteiger charge is -2.17. The molecule has 1 saturated heterocycles. The zero-order chi connectivity index (χ0) is 18.4. The van der Waals surface area contributed by atoms with Crippen molar-refractivity contribution in [2.75, 3.05) is 18.0 Å². The lowest BCUT2D eigenvalue weighted by Crippen LogP contribution is -2.43. The predicted octanol–water partition coefficient (Wildman–Crippen LogP) is 2.86. The fourth-order valence-electron chi connectivity index (χ4n) is 3.05. The number of aryl methyl sites for hydroxylation is 1. The molecule has 0 unspecified atom stereocenters. The van der Waals surface area contributed by atoms with Gasteiger partial charge in [-0.25, -0.2) is 9.18 Å². The lowest BCUT2D eigenvalue weighted by molar-refractivity contribution is -0.117. The molecule has 2 N–H and O–H groups in total. The molecule has 1 heterocycles. The minimum absolute atomic E-state index is 0.0778. The average molecular weight is 355 g/mol. The molecule has 26 heavy (non-hydrogen) atoms. The Kier molecular flexibility index (Phi) is 5.84. The van der Waals surface area contributed by atoms with E-state index in [1.165, 1.54) is 17.7 Å². The van der Waals surface area contributed by atoms with Gasteiger partial charge in [0.1, 0.15) is 5.82 Å². The molecular formula is C20H22FN3O2. The van der Waals surface area contributed by atoms with Crippen LogP contribution in [0, 0.1) is 5.82 Å². The SMILES string of the molecule is O=C(NCCCc1ccccc1)N[C@H]1CC(=O)N(c2ccc(F)cc2)C1. The van der Waals surface area contributed by atoms with Crippen LogP contribution in [0.2, 0.25) is 0 Å². The Bertz CT molecular complexity index is 749. The predicted molar refractivity (Wildman–Crippen MR) is 98.5 cm³/mol. The number of hydrogen-bond donors (Lipinski definition) is 2. The molecule has 1 aliphatic heterocycles. The number of nitrogens with zero attached hydrogens (tertiary/aromatic N) is 1. The number of carbonyl (C=O) groups is 2. The van der Waals surface area contributed by atoms with Gasteiger partial charge in [-0.1, -0.05) is 30.3 Å². The number of halogens is 1. The maximum atomic E-state index is 13.0. The normalized spacial score (nSPS) is 16.6. The van der Waals surface area contributed by atoms with E-state index >= 15 is 0 Å². The largest absolute Gasteiger partial charge is 0.338 e. The second kappa shape index (κ2) is 8.47. The number of rotatable bonds is 6. The van der Waals surface area contributed by atoms with Gasteiger partial charge in [0.15, 0.2) is 0 Å². The van der Waals surface area contributed by atoms with Crippen LogP contribution in [0.15, 0.2) is 54.6 Å². The van der Waals surface area contributed by atoms with Crippen molar-refractivity contribution in [1.29, 1.82) is 0 Å². The number of carbonyl (C=O) groups excluding carboxylic acids is 2. The maximum Gasteiger partial charge on any atom is 0.315 e. The zero-order valence-corrected chi connectivity index (χ0v) is 14.5. The fraction of sp³-hybridized carbons (Fsp3) is 0.300. The van der Waals surface area contributed by atoms with Gasteiger partial charge in [0.2, 0.25) is 5.91 Å². The Balaban J connectivity index is 1.40. The Hall–Kier alpha value is -2.89. The van der Waals surface area contributed by atoms with E-state index in [4.69, 9.17) is 0 Å². The van der Waals surface area contributed by atoms with Crippen LogP contribution in [0.4, 0.5) is 14.9 Å². The number of nitrogens with one attached hydrogen (secondary N) is 2. The third kappa shape index (κ3) is 4.81. The van der Waals surface area contributed by atoms with Crippen molar-refractivity contribution < 1.29 is 14.0 Å². The van der Waals surface area contributed by atoms with Gasteiger partial charge in [0.05, 0.1) is 6.04 Å². The Morgan fingerprint density at radius 1 is 1.12 bits per heavy atom. The number of urea groups is 1. The highest BCUT2D eigenvalue weighted by atomic mass is 19.1. The van der Waals surface area contributed by atoms with Gasteiger partial charge in [-0.15, -0.1) is 0 Å². The first-order valence-corrected chi connectivity index (χ1v) is 8.76. The van der Waals surface area contributed by atoms with Crippen LogP contribution in [-0.2, 0) is 11.2 Å². The van der Waals surface area contributed by atoms with Crippen molar-refractivity contribution in [3.63, 3.8) is 0 Å². The van der Waals surface area contributed by atoms with E-state index in [9.17, 15) is 14.0 Å². The van der Waals surface area contributed by atoms with E-state index in [2.05, 4.69) is 22.8 Å². The summed E-state index contributed by atoms with van der Waals surface area (Å²) < 4.78 is 13.0. The number of anilines is 1. The summed E-state index contributed by atoms with van der Waals surface area (Å²) in [4.78, 5) is 25.7. The van der Waals surface area contributed by atoms with Crippen molar-refractivity contribution in [1.82, 2.24) is 10.6 Å². The van der Waals surface area contributed by atoms with Gasteiger partial charge in [-0.3, -0.25) is 4.79 Å². The van der Waals surface area contributed by atoms with Crippen LogP contribution >= 0.6 is 0 Å². The van der Waals surface area contributed by atoms with Crippen LogP contribution < -0.4 is 15.5 Å². The average Bonchev–Trinajstić information content (AvgIpc) is 3.00. The molecule has 1 fully saturated rings. The molecule has 6 heteroatoms. The minimum Gasteiger partial charge on any atom is -0.338 e. The fourth-order valence-corrected chi connectivity index (χ4v) is 3.05. The van der Waals surface area contributed by atoms with Gasteiger partial charge in [0, 0.05) is 25.2 Å². The van der Waals surface area contributed by atoms with Gasteiger partial charge in [0.25, 0.3) is 0 Å². The van der Waals surface area contributed by atoms with Crippen molar-refractivity contribution in [2.45, 2.75) is 25.3 Å². The summed E-state index contributed by atoms with van der Waals surface area (Å²) in [6, 6.07) is 15.4. The van der Waals surface area contributed by atoms with Crippen LogP contribution in [0.3, 0.4) is 0 Å². The molecule has 0 spiro atoms. The van der Waals surface area contributed by atoms with E-state index in [0.717, 1.165) is 12.8 Å². The maximum absolute atomic E-state index is 13.0. The molecule has 5 nitrogen and oxygen atoms in total. The van der Waals surface area contributed by atoms with Gasteiger partial charge in [-0.2, -0.15) is 0 Å². The van der Waals surface area contributed by atoms with Crippen LogP contribution in [0.25, 0.3) is 0 Å². The summed E-state index contributed by atoms with van der Waals surface area (Å²) in [6.07, 6.45) is 2.00. The van der Waals surface area contributed by atoms with Crippen LogP contribution in [0.1, 0.15) is 18.4 Å². The highest BCUT2D eigenvalue weighted by molar-refractivity contribution is 5.96. The molecule has 1 aliphatic rings. The van der Waals surface area contributed by atoms with Gasteiger partial charge < -0.3 is 15.5 Å². The summed E-state index contributed by atoms with van der Waals surface area (Å²) in [5, 5.41) is 5.66. The van der Waals surface area contributed by atoms with Crippen molar-refractivity contribution in [2.24, 2.45) is 0 Å². The number of amides is 3. The standard InChI is InChI=1S/C20H22FN3O2/c21-16-8-10-18(11-9-16)24-14-17(13-19(24)25)23-20(26)22-12-4-7-15-5-2-1-3-6-15/h1-3,5-6,8-11,17H,4,7,12-14H2,(H2,22,23,26)/t17-/m0/s1. The molecule has 0 bridgehead atoms. The molecule has 1 atom stereocenters. The van der Waals surface area contributed by atoms with E-state index in [1.807, 2.05) is 18.2 Å². The molecule has 136 valence electrons. The monoisotopic (exact) mass is 355 g/mol. The second-order valence-electron chi connectivity index (χ2n) is 6.37. The van der Waals surface area contributed by atoms with Crippen molar-refractivity contribution in [3.8, 4) is 0 Å². The summed E-state index contributed by atoms with van der Waals surface area (Å²) in [5.41, 5.74) is 1.88. The van der Waals surface area contributed by atoms with Gasteiger partial charge >= 0.3 is 6.03 Å². The van der Waals surface area contributed by atoms with E-state index in [0.29, 0.717) is 18.8 Å². The molecule has 0 radical (unpaired) electrons. The number of hydrogen-bond acceptors (Lipinski definition) is 2. The molecular weight excluding hydrogens is 333 g/mol. The van der Waals surface area contributed by atoms with Gasteiger partial charge in [-0.05, 0) is 42.7 Å². The molecule has 2 aromatic rings. The third-order valence-corrected chi connectivity index (χ3v) is 4.37. The second-order valence-corrected chi connectivity index (χ2v) is 6.37. The molecule has 3 amide bonds. The Morgan fingerprint density at radius 2 is 1.85 bits per heavy atom. The molecule has 3 rings (SSSR count). The van der Waals surface area contributed by atoms with E-state index in [-0.39, 0.29) is 30.2 Å². The molecule has 0 aliphatic carbocycles. The van der Waals surface area contributed by atoms with Crippen LogP contribution in [0.5, 0.6) is 0 Å². The zero-order valence-electron chi connectivity index (χ0n) is 14.5. The summed E-state index contributed by atoms with van der Waals surface area (Å²) in [6.45, 7) is 0.963. The quantitative estimate of drug-likeness (QED) is 0.783. The Morgan fingerprint density at radius 3 is 2.58 bits per heavy atom. The van der Waals surface area contributed by atoms with E-state index < -0.39 is 0 Å². The summed E-state index contributed by atoms with van der Waals surface area (Å²) in [5.74, 6) is -0.420. The first-order chi connectivity index (χ1) is 12.6. The summed E-state index contributed by atoms with van der Waals surface area (Å²) in [7, 11) is 0. The lowest BCUT2D eigenvalue weighted by atomic mass is 10.1. The molecule has 0 aromatic heterocycles. The van der Waals surface area contributed by atoms with Crippen LogP contribution in [-0.4, -0.2) is 31.1 Å². The smallest absolute Gasteiger partial charge is 0.315 e. The minimum atomic E-state index is -0.343. The Labute approximate surface area is 152 Å². The number of benzene rings is 2.